The third-order valence-electron chi connectivity index (χ3n) is 3.02. The summed E-state index contributed by atoms with van der Waals surface area (Å²) < 4.78 is 6.80. The average molecular weight is 321 g/mol. The van der Waals surface area contributed by atoms with E-state index in [9.17, 15) is 0 Å². The molecule has 1 unspecified atom stereocenters. The number of halogens is 2. The highest BCUT2D eigenvalue weighted by atomic mass is 79.9. The van der Waals surface area contributed by atoms with Crippen molar-refractivity contribution in [3.63, 3.8) is 0 Å². The molecule has 0 bridgehead atoms. The molecule has 4 heteroatoms. The van der Waals surface area contributed by atoms with E-state index in [0.29, 0.717) is 0 Å². The molecule has 96 valence electrons. The minimum absolute atomic E-state index is 0. The highest BCUT2D eigenvalue weighted by Gasteiger charge is 2.12. The maximum absolute atomic E-state index is 5.76. The van der Waals surface area contributed by atoms with Crippen molar-refractivity contribution in [2.45, 2.75) is 19.3 Å². The summed E-state index contributed by atoms with van der Waals surface area (Å²) in [7, 11) is 0. The van der Waals surface area contributed by atoms with Crippen LogP contribution in [0.25, 0.3) is 0 Å². The van der Waals surface area contributed by atoms with Crippen molar-refractivity contribution in [2.75, 3.05) is 19.7 Å². The Morgan fingerprint density at radius 3 is 2.88 bits per heavy atom. The molecule has 1 saturated heterocycles. The van der Waals surface area contributed by atoms with E-state index in [-0.39, 0.29) is 12.4 Å². The van der Waals surface area contributed by atoms with Gasteiger partial charge in [0.2, 0.25) is 0 Å². The molecule has 1 heterocycles. The minimum Gasteiger partial charge on any atom is -0.492 e. The second-order valence-electron chi connectivity index (χ2n) is 4.28. The molecule has 2 rings (SSSR count). The van der Waals surface area contributed by atoms with E-state index in [0.717, 1.165) is 35.7 Å². The molecule has 2 nitrogen and oxygen atoms in total. The van der Waals surface area contributed by atoms with E-state index in [1.807, 2.05) is 24.3 Å². The summed E-state index contributed by atoms with van der Waals surface area (Å²) in [5, 5.41) is 3.43. The molecule has 1 atom stereocenters. The lowest BCUT2D eigenvalue weighted by atomic mass is 9.97. The van der Waals surface area contributed by atoms with Gasteiger partial charge in [0.15, 0.2) is 0 Å². The predicted octanol–water partition coefficient (Wildman–Crippen LogP) is 3.64. The zero-order valence-electron chi connectivity index (χ0n) is 9.82. The fourth-order valence-corrected chi connectivity index (χ4v) is 2.47. The fraction of sp³-hybridized carbons (Fsp3) is 0.538. The number of hydrogen-bond acceptors (Lipinski definition) is 2. The number of para-hydroxylation sites is 1. The molecular weight excluding hydrogens is 302 g/mol. The Labute approximate surface area is 118 Å². The molecule has 1 aromatic carbocycles. The first-order valence-electron chi connectivity index (χ1n) is 5.94. The lowest BCUT2D eigenvalue weighted by Crippen LogP contribution is -2.30. The van der Waals surface area contributed by atoms with Crippen LogP contribution in [0.5, 0.6) is 5.75 Å². The average Bonchev–Trinajstić information content (AvgIpc) is 2.33. The third kappa shape index (κ3) is 4.86. The molecule has 1 aliphatic rings. The van der Waals surface area contributed by atoms with Crippen molar-refractivity contribution in [3.8, 4) is 5.75 Å². The summed E-state index contributed by atoms with van der Waals surface area (Å²) in [4.78, 5) is 0. The molecular formula is C13H19BrClNO. The standard InChI is InChI=1S/C13H18BrNO.ClH/c14-12-5-1-2-6-13(12)16-9-7-11-4-3-8-15-10-11;/h1-2,5-6,11,15H,3-4,7-10H2;1H. The Hall–Kier alpha value is -0.250. The van der Waals surface area contributed by atoms with Gasteiger partial charge in [-0.05, 0) is 66.3 Å². The van der Waals surface area contributed by atoms with Crippen LogP contribution in [-0.2, 0) is 0 Å². The summed E-state index contributed by atoms with van der Waals surface area (Å²) in [6.45, 7) is 3.15. The van der Waals surface area contributed by atoms with Gasteiger partial charge in [0.1, 0.15) is 5.75 Å². The Balaban J connectivity index is 0.00000144. The number of nitrogens with one attached hydrogen (secondary N) is 1. The minimum atomic E-state index is 0. The Morgan fingerprint density at radius 1 is 1.35 bits per heavy atom. The summed E-state index contributed by atoms with van der Waals surface area (Å²) >= 11 is 3.49. The maximum Gasteiger partial charge on any atom is 0.133 e. The highest BCUT2D eigenvalue weighted by Crippen LogP contribution is 2.24. The summed E-state index contributed by atoms with van der Waals surface area (Å²) in [6.07, 6.45) is 3.79. The summed E-state index contributed by atoms with van der Waals surface area (Å²) in [5.74, 6) is 1.74. The van der Waals surface area contributed by atoms with Crippen LogP contribution in [0.2, 0.25) is 0 Å². The van der Waals surface area contributed by atoms with E-state index < -0.39 is 0 Å². The van der Waals surface area contributed by atoms with Gasteiger partial charge < -0.3 is 10.1 Å². The molecule has 1 aliphatic heterocycles. The molecule has 1 fully saturated rings. The smallest absolute Gasteiger partial charge is 0.133 e. The van der Waals surface area contributed by atoms with E-state index in [4.69, 9.17) is 4.74 Å². The van der Waals surface area contributed by atoms with Gasteiger partial charge in [-0.15, -0.1) is 12.4 Å². The van der Waals surface area contributed by atoms with E-state index in [1.165, 1.54) is 19.4 Å². The van der Waals surface area contributed by atoms with Gasteiger partial charge in [-0.25, -0.2) is 0 Å². The zero-order valence-corrected chi connectivity index (χ0v) is 12.2. The van der Waals surface area contributed by atoms with E-state index in [2.05, 4.69) is 21.2 Å². The van der Waals surface area contributed by atoms with Crippen LogP contribution in [0, 0.1) is 5.92 Å². The lowest BCUT2D eigenvalue weighted by Gasteiger charge is -2.22. The van der Waals surface area contributed by atoms with Gasteiger partial charge in [0, 0.05) is 0 Å². The molecule has 1 aromatic rings. The number of ether oxygens (including phenoxy) is 1. The zero-order chi connectivity index (χ0) is 11.2. The van der Waals surface area contributed by atoms with Crippen LogP contribution in [0.3, 0.4) is 0 Å². The second-order valence-corrected chi connectivity index (χ2v) is 5.13. The SMILES string of the molecule is Brc1ccccc1OCCC1CCCNC1.Cl. The Bertz CT molecular complexity index is 329. The van der Waals surface area contributed by atoms with Crippen molar-refractivity contribution in [1.82, 2.24) is 5.32 Å². The third-order valence-corrected chi connectivity index (χ3v) is 3.67. The normalized spacial score (nSPS) is 19.5. The second kappa shape index (κ2) is 7.96. The maximum atomic E-state index is 5.76. The molecule has 0 radical (unpaired) electrons. The highest BCUT2D eigenvalue weighted by molar-refractivity contribution is 9.10. The molecule has 0 saturated carbocycles. The van der Waals surface area contributed by atoms with E-state index in [1.54, 1.807) is 0 Å². The van der Waals surface area contributed by atoms with Gasteiger partial charge in [-0.1, -0.05) is 12.1 Å². The predicted molar refractivity (Wildman–Crippen MR) is 77.1 cm³/mol. The van der Waals surface area contributed by atoms with Crippen LogP contribution in [0.1, 0.15) is 19.3 Å². The molecule has 17 heavy (non-hydrogen) atoms. The monoisotopic (exact) mass is 319 g/mol. The first-order valence-corrected chi connectivity index (χ1v) is 6.73. The van der Waals surface area contributed by atoms with Gasteiger partial charge >= 0.3 is 0 Å². The van der Waals surface area contributed by atoms with Crippen LogP contribution >= 0.6 is 28.3 Å². The molecule has 0 spiro atoms. The number of rotatable bonds is 4. The summed E-state index contributed by atoms with van der Waals surface area (Å²) in [5.41, 5.74) is 0. The molecule has 0 aromatic heterocycles. The fourth-order valence-electron chi connectivity index (χ4n) is 2.07. The number of benzene rings is 1. The van der Waals surface area contributed by atoms with Crippen LogP contribution < -0.4 is 10.1 Å². The Morgan fingerprint density at radius 2 is 2.18 bits per heavy atom. The topological polar surface area (TPSA) is 21.3 Å². The largest absolute Gasteiger partial charge is 0.492 e. The Kier molecular flexibility index (Phi) is 6.93. The molecule has 0 amide bonds. The van der Waals surface area contributed by atoms with Gasteiger partial charge in [-0.2, -0.15) is 0 Å². The van der Waals surface area contributed by atoms with Gasteiger partial charge in [0.05, 0.1) is 11.1 Å². The van der Waals surface area contributed by atoms with Gasteiger partial charge in [-0.3, -0.25) is 0 Å². The van der Waals surface area contributed by atoms with Crippen LogP contribution in [0.4, 0.5) is 0 Å². The lowest BCUT2D eigenvalue weighted by molar-refractivity contribution is 0.253. The van der Waals surface area contributed by atoms with Crippen molar-refractivity contribution >= 4 is 28.3 Å². The van der Waals surface area contributed by atoms with Crippen LogP contribution in [-0.4, -0.2) is 19.7 Å². The quantitative estimate of drug-likeness (QED) is 0.914. The van der Waals surface area contributed by atoms with Crippen LogP contribution in [0.15, 0.2) is 28.7 Å². The molecule has 0 aliphatic carbocycles. The van der Waals surface area contributed by atoms with Crippen molar-refractivity contribution in [3.05, 3.63) is 28.7 Å². The van der Waals surface area contributed by atoms with Crippen molar-refractivity contribution in [2.24, 2.45) is 5.92 Å². The van der Waals surface area contributed by atoms with Crippen molar-refractivity contribution in [1.29, 1.82) is 0 Å². The first-order chi connectivity index (χ1) is 7.86. The van der Waals surface area contributed by atoms with Gasteiger partial charge in [0.25, 0.3) is 0 Å². The van der Waals surface area contributed by atoms with E-state index >= 15 is 0 Å². The summed E-state index contributed by atoms with van der Waals surface area (Å²) in [6, 6.07) is 8.02. The number of hydrogen-bond donors (Lipinski definition) is 1. The number of piperidine rings is 1. The first kappa shape index (κ1) is 14.8. The van der Waals surface area contributed by atoms with Crippen molar-refractivity contribution < 1.29 is 4.74 Å². The molecule has 1 N–H and O–H groups in total.